The summed E-state index contributed by atoms with van der Waals surface area (Å²) in [4.78, 5) is 6.92. The minimum absolute atomic E-state index is 0.538. The van der Waals surface area contributed by atoms with Gasteiger partial charge in [-0.1, -0.05) is 19.9 Å². The van der Waals surface area contributed by atoms with Gasteiger partial charge in [-0.05, 0) is 49.9 Å². The van der Waals surface area contributed by atoms with Crippen LogP contribution >= 0.6 is 0 Å². The van der Waals surface area contributed by atoms with Crippen LogP contribution in [0, 0.1) is 5.41 Å². The molecule has 1 fully saturated rings. The molecule has 19 heavy (non-hydrogen) atoms. The minimum atomic E-state index is 0.538. The smallest absolute Gasteiger partial charge is 0.0541 e. The van der Waals surface area contributed by atoms with E-state index in [0.29, 0.717) is 5.41 Å². The van der Waals surface area contributed by atoms with E-state index in [2.05, 4.69) is 35.1 Å². The third kappa shape index (κ3) is 5.29. The van der Waals surface area contributed by atoms with Gasteiger partial charge >= 0.3 is 0 Å². The highest BCUT2D eigenvalue weighted by atomic mass is 15.1. The molecule has 0 atom stereocenters. The van der Waals surface area contributed by atoms with Crippen LogP contribution in [0.5, 0.6) is 0 Å². The van der Waals surface area contributed by atoms with Gasteiger partial charge in [0.2, 0.25) is 0 Å². The third-order valence-corrected chi connectivity index (χ3v) is 4.07. The van der Waals surface area contributed by atoms with Gasteiger partial charge in [0, 0.05) is 25.8 Å². The number of nitrogens with one attached hydrogen (secondary N) is 1. The lowest BCUT2D eigenvalue weighted by Gasteiger charge is -2.23. The predicted molar refractivity (Wildman–Crippen MR) is 80.0 cm³/mol. The molecule has 1 saturated heterocycles. The van der Waals surface area contributed by atoms with E-state index in [0.717, 1.165) is 25.3 Å². The predicted octanol–water partition coefficient (Wildman–Crippen LogP) is 2.68. The average molecular weight is 261 g/mol. The fourth-order valence-corrected chi connectivity index (χ4v) is 2.66. The van der Waals surface area contributed by atoms with Crippen LogP contribution in [-0.2, 0) is 6.54 Å². The Morgan fingerprint density at radius 2 is 2.16 bits per heavy atom. The van der Waals surface area contributed by atoms with Crippen molar-refractivity contribution in [1.82, 2.24) is 15.2 Å². The Labute approximate surface area is 117 Å². The quantitative estimate of drug-likeness (QED) is 0.826. The summed E-state index contributed by atoms with van der Waals surface area (Å²) in [6, 6.07) is 6.07. The summed E-state index contributed by atoms with van der Waals surface area (Å²) < 4.78 is 0. The Kier molecular flexibility index (Phi) is 5.34. The van der Waals surface area contributed by atoms with Crippen LogP contribution < -0.4 is 5.32 Å². The van der Waals surface area contributed by atoms with Crippen molar-refractivity contribution in [1.29, 1.82) is 0 Å². The fraction of sp³-hybridized carbons (Fsp3) is 0.688. The molecule has 3 heteroatoms. The van der Waals surface area contributed by atoms with Crippen molar-refractivity contribution in [3.05, 3.63) is 30.1 Å². The zero-order valence-corrected chi connectivity index (χ0v) is 12.4. The number of hydrogen-bond donors (Lipinski definition) is 1. The molecule has 2 heterocycles. The highest BCUT2D eigenvalue weighted by Gasteiger charge is 2.22. The van der Waals surface area contributed by atoms with Crippen LogP contribution in [0.25, 0.3) is 0 Å². The molecule has 0 aromatic carbocycles. The van der Waals surface area contributed by atoms with Gasteiger partial charge in [0.15, 0.2) is 0 Å². The Morgan fingerprint density at radius 3 is 2.95 bits per heavy atom. The summed E-state index contributed by atoms with van der Waals surface area (Å²) in [7, 11) is 0. The number of rotatable bonds is 5. The summed E-state index contributed by atoms with van der Waals surface area (Å²) in [6.45, 7) is 10.4. The first-order valence-electron chi connectivity index (χ1n) is 7.49. The zero-order chi connectivity index (χ0) is 13.6. The van der Waals surface area contributed by atoms with Crippen LogP contribution in [0.4, 0.5) is 0 Å². The van der Waals surface area contributed by atoms with Crippen molar-refractivity contribution in [3.63, 3.8) is 0 Å². The van der Waals surface area contributed by atoms with E-state index >= 15 is 0 Å². The van der Waals surface area contributed by atoms with Gasteiger partial charge in [0.05, 0.1) is 5.69 Å². The molecular weight excluding hydrogens is 234 g/mol. The second kappa shape index (κ2) is 7.01. The Bertz CT molecular complexity index is 362. The lowest BCUT2D eigenvalue weighted by molar-refractivity contribution is 0.262. The van der Waals surface area contributed by atoms with Crippen molar-refractivity contribution in [3.8, 4) is 0 Å². The van der Waals surface area contributed by atoms with E-state index in [9.17, 15) is 0 Å². The number of pyridine rings is 1. The van der Waals surface area contributed by atoms with Crippen molar-refractivity contribution in [2.45, 2.75) is 39.7 Å². The molecule has 0 amide bonds. The van der Waals surface area contributed by atoms with Crippen LogP contribution in [0.2, 0.25) is 0 Å². The van der Waals surface area contributed by atoms with Gasteiger partial charge in [0.1, 0.15) is 0 Å². The molecule has 0 saturated carbocycles. The first-order chi connectivity index (χ1) is 9.16. The van der Waals surface area contributed by atoms with E-state index in [1.165, 1.54) is 32.4 Å². The van der Waals surface area contributed by atoms with Crippen LogP contribution in [-0.4, -0.2) is 36.1 Å². The van der Waals surface area contributed by atoms with Gasteiger partial charge in [-0.3, -0.25) is 4.98 Å². The van der Waals surface area contributed by atoms with Crippen molar-refractivity contribution in [2.75, 3.05) is 26.2 Å². The van der Waals surface area contributed by atoms with Crippen LogP contribution in [0.15, 0.2) is 24.4 Å². The number of likely N-dealkylation sites (tertiary alicyclic amines) is 1. The Hall–Kier alpha value is -0.930. The number of hydrogen-bond acceptors (Lipinski definition) is 3. The maximum atomic E-state index is 4.32. The Morgan fingerprint density at radius 1 is 1.26 bits per heavy atom. The Balaban J connectivity index is 1.63. The van der Waals surface area contributed by atoms with Gasteiger partial charge in [-0.15, -0.1) is 0 Å². The van der Waals surface area contributed by atoms with E-state index in [-0.39, 0.29) is 0 Å². The normalized spacial score (nSPS) is 20.1. The molecule has 0 radical (unpaired) electrons. The van der Waals surface area contributed by atoms with E-state index in [1.807, 2.05) is 18.3 Å². The number of aromatic nitrogens is 1. The standard InChI is InChI=1S/C16H27N3/c1-16(2)7-5-11-19(12-8-16)13-10-17-14-15-6-3-4-9-18-15/h3-4,6,9,17H,5,7-8,10-14H2,1-2H3. The van der Waals surface area contributed by atoms with Gasteiger partial charge in [0.25, 0.3) is 0 Å². The minimum Gasteiger partial charge on any atom is -0.310 e. The van der Waals surface area contributed by atoms with Gasteiger partial charge in [-0.25, -0.2) is 0 Å². The van der Waals surface area contributed by atoms with Crippen molar-refractivity contribution < 1.29 is 0 Å². The summed E-state index contributed by atoms with van der Waals surface area (Å²) in [5.41, 5.74) is 1.66. The summed E-state index contributed by atoms with van der Waals surface area (Å²) in [5, 5.41) is 3.49. The summed E-state index contributed by atoms with van der Waals surface area (Å²) in [5.74, 6) is 0. The van der Waals surface area contributed by atoms with Crippen LogP contribution in [0.1, 0.15) is 38.8 Å². The highest BCUT2D eigenvalue weighted by molar-refractivity contribution is 5.02. The van der Waals surface area contributed by atoms with E-state index in [4.69, 9.17) is 0 Å². The molecule has 1 aromatic heterocycles. The second-order valence-corrected chi connectivity index (χ2v) is 6.36. The summed E-state index contributed by atoms with van der Waals surface area (Å²) >= 11 is 0. The van der Waals surface area contributed by atoms with Gasteiger partial charge in [-0.2, -0.15) is 0 Å². The number of nitrogens with zero attached hydrogens (tertiary/aromatic N) is 2. The van der Waals surface area contributed by atoms with E-state index < -0.39 is 0 Å². The molecule has 1 aromatic rings. The second-order valence-electron chi connectivity index (χ2n) is 6.36. The molecule has 0 unspecified atom stereocenters. The maximum absolute atomic E-state index is 4.32. The van der Waals surface area contributed by atoms with Crippen LogP contribution in [0.3, 0.4) is 0 Å². The monoisotopic (exact) mass is 261 g/mol. The first-order valence-corrected chi connectivity index (χ1v) is 7.49. The van der Waals surface area contributed by atoms with Crippen molar-refractivity contribution >= 4 is 0 Å². The molecule has 1 aliphatic heterocycles. The zero-order valence-electron chi connectivity index (χ0n) is 12.4. The van der Waals surface area contributed by atoms with E-state index in [1.54, 1.807) is 0 Å². The fourth-order valence-electron chi connectivity index (χ4n) is 2.66. The van der Waals surface area contributed by atoms with Gasteiger partial charge < -0.3 is 10.2 Å². The molecule has 0 bridgehead atoms. The first kappa shape index (κ1) is 14.5. The largest absolute Gasteiger partial charge is 0.310 e. The molecule has 3 nitrogen and oxygen atoms in total. The van der Waals surface area contributed by atoms with Crippen molar-refractivity contribution in [2.24, 2.45) is 5.41 Å². The molecule has 0 aliphatic carbocycles. The lowest BCUT2D eigenvalue weighted by atomic mass is 9.85. The molecule has 1 N–H and O–H groups in total. The molecule has 1 aliphatic rings. The molecule has 106 valence electrons. The topological polar surface area (TPSA) is 28.2 Å². The average Bonchev–Trinajstić information content (AvgIpc) is 2.57. The summed E-state index contributed by atoms with van der Waals surface area (Å²) in [6.07, 6.45) is 5.89. The maximum Gasteiger partial charge on any atom is 0.0541 e. The highest BCUT2D eigenvalue weighted by Crippen LogP contribution is 2.29. The molecule has 0 spiro atoms. The third-order valence-electron chi connectivity index (χ3n) is 4.07. The molecule has 2 rings (SSSR count). The SMILES string of the molecule is CC1(C)CCCN(CCNCc2ccccn2)CC1. The lowest BCUT2D eigenvalue weighted by Crippen LogP contribution is -2.33. The molecular formula is C16H27N3.